The molecule has 2 rings (SSSR count). The first-order chi connectivity index (χ1) is 7.88. The Hall–Kier alpha value is -0.970. The zero-order valence-electron chi connectivity index (χ0n) is 9.48. The molecule has 0 aliphatic carbocycles. The normalized spacial score (nSPS) is 20.2. The van der Waals surface area contributed by atoms with Crippen LogP contribution in [0.25, 0.3) is 0 Å². The van der Waals surface area contributed by atoms with Gasteiger partial charge in [0.1, 0.15) is 0 Å². The van der Waals surface area contributed by atoms with Crippen molar-refractivity contribution in [2.24, 2.45) is 5.73 Å². The molecule has 1 atom stereocenters. The number of hydrogen-bond acceptors (Lipinski definition) is 4. The molecule has 0 amide bonds. The van der Waals surface area contributed by atoms with Gasteiger partial charge >= 0.3 is 0 Å². The Kier molecular flexibility index (Phi) is 4.27. The van der Waals surface area contributed by atoms with Crippen LogP contribution in [0.15, 0.2) is 18.3 Å². The van der Waals surface area contributed by atoms with E-state index in [9.17, 15) is 0 Å². The van der Waals surface area contributed by atoms with Gasteiger partial charge in [0, 0.05) is 32.4 Å². The van der Waals surface area contributed by atoms with Gasteiger partial charge in [-0.1, -0.05) is 0 Å². The van der Waals surface area contributed by atoms with Crippen molar-refractivity contribution in [1.29, 1.82) is 0 Å². The molecule has 4 nitrogen and oxygen atoms in total. The minimum Gasteiger partial charge on any atom is -0.377 e. The van der Waals surface area contributed by atoms with Gasteiger partial charge in [-0.15, -0.1) is 0 Å². The molecule has 4 heteroatoms. The maximum Gasteiger partial charge on any atom is 0.0700 e. The third kappa shape index (κ3) is 3.27. The second-order valence-corrected chi connectivity index (χ2v) is 4.13. The number of nitrogens with two attached hydrogens (primary N) is 1. The van der Waals surface area contributed by atoms with Gasteiger partial charge in [-0.3, -0.25) is 4.98 Å². The SMILES string of the molecule is NCc1cc(CNCC2CCCO2)ccn1. The number of nitrogens with zero attached hydrogens (tertiary/aromatic N) is 1. The van der Waals surface area contributed by atoms with E-state index in [0.29, 0.717) is 12.6 Å². The maximum absolute atomic E-state index is 5.54. The fourth-order valence-electron chi connectivity index (χ4n) is 1.93. The van der Waals surface area contributed by atoms with Gasteiger partial charge in [-0.05, 0) is 30.5 Å². The van der Waals surface area contributed by atoms with E-state index in [2.05, 4.69) is 10.3 Å². The molecule has 0 radical (unpaired) electrons. The Morgan fingerprint density at radius 1 is 1.56 bits per heavy atom. The van der Waals surface area contributed by atoms with Crippen molar-refractivity contribution < 1.29 is 4.74 Å². The summed E-state index contributed by atoms with van der Waals surface area (Å²) >= 11 is 0. The molecule has 0 saturated carbocycles. The van der Waals surface area contributed by atoms with E-state index in [1.807, 2.05) is 18.3 Å². The minimum atomic E-state index is 0.399. The van der Waals surface area contributed by atoms with E-state index < -0.39 is 0 Å². The standard InChI is InChI=1S/C12H19N3O/c13-7-11-6-10(3-4-15-11)8-14-9-12-2-1-5-16-12/h3-4,6,12,14H,1-2,5,7-9,13H2. The predicted octanol–water partition coefficient (Wildman–Crippen LogP) is 0.809. The lowest BCUT2D eigenvalue weighted by molar-refractivity contribution is 0.110. The summed E-state index contributed by atoms with van der Waals surface area (Å²) in [4.78, 5) is 4.17. The molecule has 0 spiro atoms. The summed E-state index contributed by atoms with van der Waals surface area (Å²) in [7, 11) is 0. The monoisotopic (exact) mass is 221 g/mol. The van der Waals surface area contributed by atoms with E-state index >= 15 is 0 Å². The number of nitrogens with one attached hydrogen (secondary N) is 1. The molecule has 1 aromatic heterocycles. The van der Waals surface area contributed by atoms with Crippen LogP contribution in [-0.4, -0.2) is 24.2 Å². The number of hydrogen-bond donors (Lipinski definition) is 2. The van der Waals surface area contributed by atoms with Crippen LogP contribution in [0, 0.1) is 0 Å². The quantitative estimate of drug-likeness (QED) is 0.772. The number of rotatable bonds is 5. The van der Waals surface area contributed by atoms with Gasteiger partial charge in [0.15, 0.2) is 0 Å². The molecule has 2 heterocycles. The zero-order chi connectivity index (χ0) is 11.2. The Morgan fingerprint density at radius 2 is 2.50 bits per heavy atom. The highest BCUT2D eigenvalue weighted by Crippen LogP contribution is 2.10. The van der Waals surface area contributed by atoms with Gasteiger partial charge in [0.25, 0.3) is 0 Å². The fourth-order valence-corrected chi connectivity index (χ4v) is 1.93. The van der Waals surface area contributed by atoms with Gasteiger partial charge in [0.05, 0.1) is 11.8 Å². The highest BCUT2D eigenvalue weighted by molar-refractivity contribution is 5.15. The first kappa shape index (κ1) is 11.5. The molecule has 1 aliphatic heterocycles. The van der Waals surface area contributed by atoms with E-state index in [1.54, 1.807) is 0 Å². The van der Waals surface area contributed by atoms with Crippen LogP contribution in [0.4, 0.5) is 0 Å². The van der Waals surface area contributed by atoms with Crippen LogP contribution < -0.4 is 11.1 Å². The topological polar surface area (TPSA) is 60.2 Å². The summed E-state index contributed by atoms with van der Waals surface area (Å²) in [6.45, 7) is 3.20. The van der Waals surface area contributed by atoms with Crippen molar-refractivity contribution in [2.45, 2.75) is 32.0 Å². The number of pyridine rings is 1. The molecule has 16 heavy (non-hydrogen) atoms. The Morgan fingerprint density at radius 3 is 3.25 bits per heavy atom. The van der Waals surface area contributed by atoms with Crippen molar-refractivity contribution in [1.82, 2.24) is 10.3 Å². The van der Waals surface area contributed by atoms with E-state index in [-0.39, 0.29) is 0 Å². The first-order valence-corrected chi connectivity index (χ1v) is 5.84. The molecule has 1 saturated heterocycles. The highest BCUT2D eigenvalue weighted by atomic mass is 16.5. The second-order valence-electron chi connectivity index (χ2n) is 4.13. The lowest BCUT2D eigenvalue weighted by Crippen LogP contribution is -2.25. The molecule has 1 aromatic rings. The summed E-state index contributed by atoms with van der Waals surface area (Å²) in [6, 6.07) is 4.06. The van der Waals surface area contributed by atoms with Gasteiger partial charge in [-0.25, -0.2) is 0 Å². The van der Waals surface area contributed by atoms with Crippen molar-refractivity contribution >= 4 is 0 Å². The van der Waals surface area contributed by atoms with Crippen molar-refractivity contribution in [3.05, 3.63) is 29.6 Å². The van der Waals surface area contributed by atoms with Crippen LogP contribution in [0.3, 0.4) is 0 Å². The van der Waals surface area contributed by atoms with Crippen molar-refractivity contribution in [2.75, 3.05) is 13.2 Å². The van der Waals surface area contributed by atoms with Crippen molar-refractivity contribution in [3.63, 3.8) is 0 Å². The maximum atomic E-state index is 5.54. The van der Waals surface area contributed by atoms with E-state index in [1.165, 1.54) is 18.4 Å². The predicted molar refractivity (Wildman–Crippen MR) is 62.8 cm³/mol. The van der Waals surface area contributed by atoms with Crippen LogP contribution in [0.2, 0.25) is 0 Å². The van der Waals surface area contributed by atoms with E-state index in [4.69, 9.17) is 10.5 Å². The third-order valence-corrected chi connectivity index (χ3v) is 2.82. The van der Waals surface area contributed by atoms with Crippen LogP contribution >= 0.6 is 0 Å². The van der Waals surface area contributed by atoms with Gasteiger partial charge < -0.3 is 15.8 Å². The molecule has 1 unspecified atom stereocenters. The lowest BCUT2D eigenvalue weighted by Gasteiger charge is -2.10. The highest BCUT2D eigenvalue weighted by Gasteiger charge is 2.14. The molecular weight excluding hydrogens is 202 g/mol. The average molecular weight is 221 g/mol. The number of ether oxygens (including phenoxy) is 1. The van der Waals surface area contributed by atoms with Crippen LogP contribution in [0.5, 0.6) is 0 Å². The summed E-state index contributed by atoms with van der Waals surface area (Å²) in [5.74, 6) is 0. The van der Waals surface area contributed by atoms with Gasteiger partial charge in [0.2, 0.25) is 0 Å². The Bertz CT molecular complexity index is 324. The molecule has 88 valence electrons. The molecule has 1 aliphatic rings. The smallest absolute Gasteiger partial charge is 0.0700 e. The van der Waals surface area contributed by atoms with Crippen LogP contribution in [-0.2, 0) is 17.8 Å². The van der Waals surface area contributed by atoms with Crippen LogP contribution in [0.1, 0.15) is 24.1 Å². The van der Waals surface area contributed by atoms with E-state index in [0.717, 1.165) is 25.4 Å². The molecule has 1 fully saturated rings. The minimum absolute atomic E-state index is 0.399. The Balaban J connectivity index is 1.75. The average Bonchev–Trinajstić information content (AvgIpc) is 2.82. The molecular formula is C12H19N3O. The third-order valence-electron chi connectivity index (χ3n) is 2.82. The fraction of sp³-hybridized carbons (Fsp3) is 0.583. The molecule has 0 bridgehead atoms. The zero-order valence-corrected chi connectivity index (χ0v) is 9.48. The summed E-state index contributed by atoms with van der Waals surface area (Å²) in [5, 5.41) is 3.40. The Labute approximate surface area is 96.2 Å². The summed E-state index contributed by atoms with van der Waals surface area (Å²) in [5.41, 5.74) is 7.72. The second kappa shape index (κ2) is 5.94. The van der Waals surface area contributed by atoms with Gasteiger partial charge in [-0.2, -0.15) is 0 Å². The largest absolute Gasteiger partial charge is 0.377 e. The molecule has 0 aromatic carbocycles. The molecule has 3 N–H and O–H groups in total. The first-order valence-electron chi connectivity index (χ1n) is 5.84. The number of aromatic nitrogens is 1. The summed E-state index contributed by atoms with van der Waals surface area (Å²) < 4.78 is 5.54. The van der Waals surface area contributed by atoms with Crippen molar-refractivity contribution in [3.8, 4) is 0 Å². The lowest BCUT2D eigenvalue weighted by atomic mass is 10.2. The summed E-state index contributed by atoms with van der Waals surface area (Å²) in [6.07, 6.45) is 4.58.